The molecule has 2 aliphatic heterocycles. The molecule has 0 radical (unpaired) electrons. The Labute approximate surface area is 539 Å². The highest BCUT2D eigenvalue weighted by Gasteiger charge is 2.45. The Morgan fingerprint density at radius 3 is 0.967 bits per heavy atom. The molecule has 0 amide bonds. The fourth-order valence-corrected chi connectivity index (χ4v) is 14.8. The molecule has 0 bridgehead atoms. The number of benzene rings is 13. The third-order valence-corrected chi connectivity index (χ3v) is 20.1. The van der Waals surface area contributed by atoms with Crippen molar-refractivity contribution in [3.05, 3.63) is 318 Å². The zero-order valence-electron chi connectivity index (χ0n) is 54.1. The average molecular weight is 1170 g/mol. The Balaban J connectivity index is 1.06. The number of anilines is 6. The van der Waals surface area contributed by atoms with Gasteiger partial charge in [-0.25, -0.2) is 0 Å². The van der Waals surface area contributed by atoms with Gasteiger partial charge in [0.1, 0.15) is 0 Å². The van der Waals surface area contributed by atoms with Gasteiger partial charge in [-0.15, -0.1) is 0 Å². The molecule has 0 fully saturated rings. The molecule has 3 heteroatoms. The van der Waals surface area contributed by atoms with Crippen molar-refractivity contribution < 1.29 is 0 Å². The van der Waals surface area contributed by atoms with Crippen LogP contribution in [0.3, 0.4) is 0 Å². The van der Waals surface area contributed by atoms with E-state index in [-0.39, 0.29) is 28.4 Å². The first-order valence-electron chi connectivity index (χ1n) is 32.5. The maximum atomic E-state index is 2.58. The van der Waals surface area contributed by atoms with E-state index in [9.17, 15) is 0 Å². The zero-order valence-corrected chi connectivity index (χ0v) is 54.1. The molecule has 0 aliphatic carbocycles. The van der Waals surface area contributed by atoms with Crippen LogP contribution in [0.2, 0.25) is 0 Å². The van der Waals surface area contributed by atoms with Gasteiger partial charge in [-0.3, -0.25) is 0 Å². The van der Waals surface area contributed by atoms with Crippen LogP contribution in [-0.2, 0) is 21.7 Å². The highest BCUT2D eigenvalue weighted by Crippen LogP contribution is 2.51. The molecule has 2 nitrogen and oxygen atoms in total. The van der Waals surface area contributed by atoms with Crippen LogP contribution in [0, 0.1) is 0 Å². The fourth-order valence-electron chi connectivity index (χ4n) is 14.8. The summed E-state index contributed by atoms with van der Waals surface area (Å²) in [7, 11) is 0. The van der Waals surface area contributed by atoms with E-state index in [2.05, 4.69) is 364 Å². The molecule has 0 saturated carbocycles. The molecule has 2 heterocycles. The van der Waals surface area contributed by atoms with Crippen LogP contribution < -0.4 is 26.2 Å². The van der Waals surface area contributed by atoms with E-state index >= 15 is 0 Å². The molecule has 0 N–H and O–H groups in total. The quantitative estimate of drug-likeness (QED) is 0.0995. The highest BCUT2D eigenvalue weighted by molar-refractivity contribution is 7.00. The summed E-state index contributed by atoms with van der Waals surface area (Å²) in [5.41, 5.74) is 27.5. The minimum Gasteiger partial charge on any atom is -0.311 e. The van der Waals surface area contributed by atoms with Crippen LogP contribution in [0.5, 0.6) is 0 Å². The number of rotatable bonds is 10. The summed E-state index contributed by atoms with van der Waals surface area (Å²) in [5, 5.41) is 4.94. The second-order valence-electron chi connectivity index (χ2n) is 28.5. The number of para-hydroxylation sites is 2. The maximum absolute atomic E-state index is 2.58. The fraction of sp³-hybridized carbons (Fsp3) is 0.159. The summed E-state index contributed by atoms with van der Waals surface area (Å²) >= 11 is 0. The molecule has 13 aromatic rings. The summed E-state index contributed by atoms with van der Waals surface area (Å²) in [5.74, 6) is 0. The Kier molecular flexibility index (Phi) is 13.8. The lowest BCUT2D eigenvalue weighted by molar-refractivity contribution is 0.569. The van der Waals surface area contributed by atoms with E-state index in [1.165, 1.54) is 127 Å². The van der Waals surface area contributed by atoms with E-state index < -0.39 is 0 Å². The second kappa shape index (κ2) is 21.9. The van der Waals surface area contributed by atoms with Gasteiger partial charge in [-0.05, 0) is 193 Å². The Bertz CT molecular complexity index is 4680. The van der Waals surface area contributed by atoms with Crippen LogP contribution >= 0.6 is 0 Å². The molecule has 13 aromatic carbocycles. The highest BCUT2D eigenvalue weighted by atomic mass is 15.2. The van der Waals surface area contributed by atoms with Gasteiger partial charge in [0.05, 0.1) is 0 Å². The summed E-state index contributed by atoms with van der Waals surface area (Å²) in [4.78, 5) is 5.16. The smallest absolute Gasteiger partial charge is 0.252 e. The van der Waals surface area contributed by atoms with E-state index in [1.807, 2.05) is 0 Å². The van der Waals surface area contributed by atoms with Crippen LogP contribution in [-0.4, -0.2) is 6.71 Å². The van der Waals surface area contributed by atoms with Crippen molar-refractivity contribution in [2.24, 2.45) is 0 Å². The number of fused-ring (bicyclic) bond motifs is 6. The monoisotopic (exact) mass is 1170 g/mol. The van der Waals surface area contributed by atoms with Crippen molar-refractivity contribution in [1.82, 2.24) is 0 Å². The predicted molar refractivity (Wildman–Crippen MR) is 392 cm³/mol. The van der Waals surface area contributed by atoms with E-state index in [0.29, 0.717) is 0 Å². The van der Waals surface area contributed by atoms with Crippen molar-refractivity contribution in [2.45, 2.75) is 90.9 Å². The lowest BCUT2D eigenvalue weighted by Gasteiger charge is -2.45. The molecular weight excluding hydrogens is 1100 g/mol. The molecule has 0 spiro atoms. The van der Waals surface area contributed by atoms with Gasteiger partial charge in [0.25, 0.3) is 6.71 Å². The molecule has 0 saturated heterocycles. The molecule has 15 rings (SSSR count). The van der Waals surface area contributed by atoms with Gasteiger partial charge >= 0.3 is 0 Å². The summed E-state index contributed by atoms with van der Waals surface area (Å²) in [6.45, 7) is 23.5. The minimum atomic E-state index is -0.285. The number of hydrogen-bond donors (Lipinski definition) is 0. The van der Waals surface area contributed by atoms with Gasteiger partial charge < -0.3 is 9.80 Å². The second-order valence-corrected chi connectivity index (χ2v) is 28.5. The van der Waals surface area contributed by atoms with Gasteiger partial charge in [-0.1, -0.05) is 288 Å². The molecule has 91 heavy (non-hydrogen) atoms. The molecular formula is C88H77BN2. The minimum absolute atomic E-state index is 0.0850. The number of nitrogens with zero attached hydrogens (tertiary/aromatic N) is 2. The molecule has 0 unspecified atom stereocenters. The summed E-state index contributed by atoms with van der Waals surface area (Å²) in [6.07, 6.45) is 0. The van der Waals surface area contributed by atoms with Gasteiger partial charge in [-0.2, -0.15) is 0 Å². The molecule has 442 valence electrons. The van der Waals surface area contributed by atoms with Gasteiger partial charge in [0.15, 0.2) is 0 Å². The van der Waals surface area contributed by atoms with Crippen molar-refractivity contribution in [2.75, 3.05) is 9.80 Å². The Morgan fingerprint density at radius 1 is 0.242 bits per heavy atom. The molecule has 0 aromatic heterocycles. The summed E-state index contributed by atoms with van der Waals surface area (Å²) < 4.78 is 0. The van der Waals surface area contributed by atoms with Gasteiger partial charge in [0.2, 0.25) is 0 Å². The lowest BCUT2D eigenvalue weighted by Crippen LogP contribution is -2.61. The zero-order chi connectivity index (χ0) is 62.6. The van der Waals surface area contributed by atoms with Crippen LogP contribution in [0.4, 0.5) is 34.1 Å². The molecule has 0 atom stereocenters. The lowest BCUT2D eigenvalue weighted by atomic mass is 9.33. The maximum Gasteiger partial charge on any atom is 0.252 e. The van der Waals surface area contributed by atoms with Crippen LogP contribution in [0.15, 0.2) is 285 Å². The van der Waals surface area contributed by atoms with Gasteiger partial charge in [0, 0.05) is 45.0 Å². The topological polar surface area (TPSA) is 6.48 Å². The standard InChI is InChI=1S/C88H77BN2/c1-85(2,3)68-51-61(52-69(55-68)86(4,5)6)59-48-60(50-63(49-59)83-74-42-28-26-40-72(74)82(58-30-16-11-17-31-58)73-41-27-29-43-75(73)83)62-53-80-84-81(54-62)91(71-38-24-15-25-39-71)79-47-45-67(88(9,10)65-34-20-13-21-35-65)57-77(79)89(84)76-56-66(87(7,8)64-32-18-12-19-33-64)44-46-78(76)90(80)70-36-22-14-23-37-70/h11-57H,1-10H3. The normalized spacial score (nSPS) is 13.1. The summed E-state index contributed by atoms with van der Waals surface area (Å²) in [6, 6.07) is 108. The first-order chi connectivity index (χ1) is 43.9. The predicted octanol–water partition coefficient (Wildman–Crippen LogP) is 22.0. The number of hydrogen-bond acceptors (Lipinski definition) is 2. The Hall–Kier alpha value is -9.96. The van der Waals surface area contributed by atoms with E-state index in [1.54, 1.807) is 0 Å². The first kappa shape index (κ1) is 57.5. The van der Waals surface area contributed by atoms with Crippen LogP contribution in [0.25, 0.3) is 66.1 Å². The van der Waals surface area contributed by atoms with Crippen molar-refractivity contribution in [3.8, 4) is 44.5 Å². The third kappa shape index (κ3) is 9.89. The van der Waals surface area contributed by atoms with Crippen molar-refractivity contribution >= 4 is 78.8 Å². The SMILES string of the molecule is CC(C)(C)c1cc(-c2cc(-c3cc4c5c(c3)N(c3ccccc3)c3ccc(C(C)(C)c6ccccc6)cc3B5c3cc(C(C)(C)c5ccccc5)ccc3N4c3ccccc3)cc(-c3c4ccccc4c(-c4ccccc4)c4ccccc34)c2)cc(C(C)(C)C)c1. The third-order valence-electron chi connectivity index (χ3n) is 20.1. The van der Waals surface area contributed by atoms with Crippen molar-refractivity contribution in [1.29, 1.82) is 0 Å². The molecule has 2 aliphatic rings. The Morgan fingerprint density at radius 2 is 0.571 bits per heavy atom. The largest absolute Gasteiger partial charge is 0.311 e. The van der Waals surface area contributed by atoms with Crippen molar-refractivity contribution in [3.63, 3.8) is 0 Å². The first-order valence-corrected chi connectivity index (χ1v) is 32.5. The average Bonchev–Trinajstić information content (AvgIpc) is 0.710. The van der Waals surface area contributed by atoms with E-state index in [4.69, 9.17) is 0 Å². The van der Waals surface area contributed by atoms with Crippen LogP contribution in [0.1, 0.15) is 103 Å². The van der Waals surface area contributed by atoms with E-state index in [0.717, 1.165) is 22.5 Å².